The molecule has 2 amide bonds. The fourth-order valence-electron chi connectivity index (χ4n) is 2.81. The van der Waals surface area contributed by atoms with Crippen LogP contribution in [-0.4, -0.2) is 34.8 Å². The van der Waals surface area contributed by atoms with Crippen LogP contribution in [0.5, 0.6) is 0 Å². The van der Waals surface area contributed by atoms with Gasteiger partial charge < -0.3 is 15.5 Å². The summed E-state index contributed by atoms with van der Waals surface area (Å²) in [6.07, 6.45) is 0. The standard InChI is InChI=1S/C18H17ClF2N4O2/c1-10(26)22-4-5-25-9-16-12(18(25)27)2-3-17(24-16)23-8-13-14(19)6-11(20)7-15(13)21/h2-3,6-7H,4-5,8-9H2,1H3,(H,22,26)(H,23,24). The van der Waals surface area contributed by atoms with Gasteiger partial charge in [-0.05, 0) is 18.2 Å². The molecule has 2 N–H and O–H groups in total. The highest BCUT2D eigenvalue weighted by molar-refractivity contribution is 6.31. The summed E-state index contributed by atoms with van der Waals surface area (Å²) in [5, 5.41) is 5.57. The van der Waals surface area contributed by atoms with E-state index in [1.165, 1.54) is 6.92 Å². The molecule has 0 atom stereocenters. The normalized spacial score (nSPS) is 12.9. The fraction of sp³-hybridized carbons (Fsp3) is 0.278. The fourth-order valence-corrected chi connectivity index (χ4v) is 3.07. The summed E-state index contributed by atoms with van der Waals surface area (Å²) in [7, 11) is 0. The smallest absolute Gasteiger partial charge is 0.256 e. The summed E-state index contributed by atoms with van der Waals surface area (Å²) in [5.41, 5.74) is 1.22. The molecule has 0 saturated heterocycles. The highest BCUT2D eigenvalue weighted by atomic mass is 35.5. The Labute approximate surface area is 159 Å². The first kappa shape index (κ1) is 19.0. The van der Waals surface area contributed by atoms with E-state index >= 15 is 0 Å². The highest BCUT2D eigenvalue weighted by Gasteiger charge is 2.28. The third-order valence-electron chi connectivity index (χ3n) is 4.14. The van der Waals surface area contributed by atoms with E-state index in [4.69, 9.17) is 11.6 Å². The van der Waals surface area contributed by atoms with Crippen molar-refractivity contribution in [3.8, 4) is 0 Å². The lowest BCUT2D eigenvalue weighted by atomic mass is 10.2. The molecule has 2 heterocycles. The quantitative estimate of drug-likeness (QED) is 0.790. The van der Waals surface area contributed by atoms with Crippen LogP contribution >= 0.6 is 11.6 Å². The second kappa shape index (κ2) is 7.87. The lowest BCUT2D eigenvalue weighted by molar-refractivity contribution is -0.119. The third kappa shape index (κ3) is 4.33. The van der Waals surface area contributed by atoms with Crippen molar-refractivity contribution in [2.75, 3.05) is 18.4 Å². The molecule has 1 aromatic carbocycles. The van der Waals surface area contributed by atoms with Gasteiger partial charge in [-0.1, -0.05) is 11.6 Å². The topological polar surface area (TPSA) is 74.3 Å². The maximum Gasteiger partial charge on any atom is 0.256 e. The summed E-state index contributed by atoms with van der Waals surface area (Å²) < 4.78 is 27.0. The largest absolute Gasteiger partial charge is 0.366 e. The van der Waals surface area contributed by atoms with Crippen molar-refractivity contribution in [3.05, 3.63) is 57.7 Å². The third-order valence-corrected chi connectivity index (χ3v) is 4.48. The number of halogens is 3. The van der Waals surface area contributed by atoms with Crippen LogP contribution in [0.15, 0.2) is 24.3 Å². The van der Waals surface area contributed by atoms with E-state index in [-0.39, 0.29) is 28.9 Å². The van der Waals surface area contributed by atoms with Gasteiger partial charge in [-0.25, -0.2) is 13.8 Å². The first-order chi connectivity index (χ1) is 12.8. The van der Waals surface area contributed by atoms with Crippen LogP contribution in [0, 0.1) is 11.6 Å². The van der Waals surface area contributed by atoms with Gasteiger partial charge in [0.25, 0.3) is 5.91 Å². The summed E-state index contributed by atoms with van der Waals surface area (Å²) >= 11 is 5.88. The molecule has 9 heteroatoms. The average molecular weight is 395 g/mol. The Hall–Kier alpha value is -2.74. The lowest BCUT2D eigenvalue weighted by Crippen LogP contribution is -2.34. The molecular formula is C18H17ClF2N4O2. The molecule has 0 bridgehead atoms. The molecule has 3 rings (SSSR count). The Morgan fingerprint density at radius 1 is 1.33 bits per heavy atom. The molecule has 0 radical (unpaired) electrons. The molecule has 6 nitrogen and oxygen atoms in total. The summed E-state index contributed by atoms with van der Waals surface area (Å²) in [4.78, 5) is 29.2. The maximum atomic E-state index is 13.8. The van der Waals surface area contributed by atoms with Crippen LogP contribution < -0.4 is 10.6 Å². The van der Waals surface area contributed by atoms with Gasteiger partial charge in [0.15, 0.2) is 0 Å². The molecule has 0 spiro atoms. The van der Waals surface area contributed by atoms with Crippen LogP contribution in [-0.2, 0) is 17.9 Å². The van der Waals surface area contributed by atoms with E-state index in [1.807, 2.05) is 0 Å². The molecule has 1 aromatic heterocycles. The lowest BCUT2D eigenvalue weighted by Gasteiger charge is -2.14. The number of benzene rings is 1. The molecule has 27 heavy (non-hydrogen) atoms. The molecule has 1 aliphatic heterocycles. The van der Waals surface area contributed by atoms with E-state index in [2.05, 4.69) is 15.6 Å². The van der Waals surface area contributed by atoms with Gasteiger partial charge in [-0.3, -0.25) is 9.59 Å². The number of amides is 2. The number of carbonyl (C=O) groups excluding carboxylic acids is 2. The SMILES string of the molecule is CC(=O)NCCN1Cc2nc(NCc3c(F)cc(F)cc3Cl)ccc2C1=O. The second-order valence-electron chi connectivity index (χ2n) is 6.10. The summed E-state index contributed by atoms with van der Waals surface area (Å²) in [5.74, 6) is -1.34. The number of nitrogens with one attached hydrogen (secondary N) is 2. The number of carbonyl (C=O) groups is 2. The minimum Gasteiger partial charge on any atom is -0.366 e. The van der Waals surface area contributed by atoms with E-state index < -0.39 is 11.6 Å². The molecule has 1 aliphatic rings. The highest BCUT2D eigenvalue weighted by Crippen LogP contribution is 2.24. The van der Waals surface area contributed by atoms with Gasteiger partial charge >= 0.3 is 0 Å². The van der Waals surface area contributed by atoms with E-state index in [0.29, 0.717) is 36.7 Å². The molecule has 0 aliphatic carbocycles. The van der Waals surface area contributed by atoms with Crippen molar-refractivity contribution in [2.24, 2.45) is 0 Å². The monoisotopic (exact) mass is 394 g/mol. The Bertz CT molecular complexity index is 884. The van der Waals surface area contributed by atoms with Gasteiger partial charge in [0, 0.05) is 38.2 Å². The number of aromatic nitrogens is 1. The first-order valence-electron chi connectivity index (χ1n) is 8.26. The molecule has 0 unspecified atom stereocenters. The van der Waals surface area contributed by atoms with E-state index in [0.717, 1.165) is 12.1 Å². The van der Waals surface area contributed by atoms with Crippen molar-refractivity contribution in [3.63, 3.8) is 0 Å². The number of pyridine rings is 1. The van der Waals surface area contributed by atoms with Crippen molar-refractivity contribution in [1.82, 2.24) is 15.2 Å². The molecule has 0 saturated carbocycles. The number of nitrogens with zero attached hydrogens (tertiary/aromatic N) is 2. The van der Waals surface area contributed by atoms with Gasteiger partial charge in [-0.2, -0.15) is 0 Å². The van der Waals surface area contributed by atoms with Crippen LogP contribution in [0.2, 0.25) is 5.02 Å². The first-order valence-corrected chi connectivity index (χ1v) is 8.64. The van der Waals surface area contributed by atoms with Crippen LogP contribution in [0.3, 0.4) is 0 Å². The van der Waals surface area contributed by atoms with Crippen LogP contribution in [0.1, 0.15) is 28.5 Å². The van der Waals surface area contributed by atoms with Crippen LogP contribution in [0.4, 0.5) is 14.6 Å². The van der Waals surface area contributed by atoms with Crippen molar-refractivity contribution in [1.29, 1.82) is 0 Å². The summed E-state index contributed by atoms with van der Waals surface area (Å²) in [6.45, 7) is 2.51. The Morgan fingerprint density at radius 2 is 2.11 bits per heavy atom. The van der Waals surface area contributed by atoms with E-state index in [1.54, 1.807) is 17.0 Å². The van der Waals surface area contributed by atoms with E-state index in [9.17, 15) is 18.4 Å². The summed E-state index contributed by atoms with van der Waals surface area (Å²) in [6, 6.07) is 5.07. The molecule has 142 valence electrons. The number of hydrogen-bond donors (Lipinski definition) is 2. The minimum atomic E-state index is -0.743. The molecular weight excluding hydrogens is 378 g/mol. The zero-order valence-corrected chi connectivity index (χ0v) is 15.2. The van der Waals surface area contributed by atoms with Crippen molar-refractivity contribution in [2.45, 2.75) is 20.0 Å². The Balaban J connectivity index is 1.66. The zero-order valence-electron chi connectivity index (χ0n) is 14.5. The van der Waals surface area contributed by atoms with Crippen molar-refractivity contribution >= 4 is 29.2 Å². The van der Waals surface area contributed by atoms with Crippen molar-refractivity contribution < 1.29 is 18.4 Å². The average Bonchev–Trinajstić information content (AvgIpc) is 2.89. The van der Waals surface area contributed by atoms with Gasteiger partial charge in [0.2, 0.25) is 5.91 Å². The Morgan fingerprint density at radius 3 is 2.81 bits per heavy atom. The zero-order chi connectivity index (χ0) is 19.6. The number of anilines is 1. The minimum absolute atomic E-state index is 0.0134. The second-order valence-corrected chi connectivity index (χ2v) is 6.51. The van der Waals surface area contributed by atoms with Gasteiger partial charge in [0.05, 0.1) is 22.8 Å². The van der Waals surface area contributed by atoms with Gasteiger partial charge in [-0.15, -0.1) is 0 Å². The Kier molecular flexibility index (Phi) is 5.55. The number of hydrogen-bond acceptors (Lipinski definition) is 4. The maximum absolute atomic E-state index is 13.8. The predicted octanol–water partition coefficient (Wildman–Crippen LogP) is 2.72. The van der Waals surface area contributed by atoms with Crippen LogP contribution in [0.25, 0.3) is 0 Å². The number of fused-ring (bicyclic) bond motifs is 1. The molecule has 2 aromatic rings. The predicted molar refractivity (Wildman–Crippen MR) is 96.4 cm³/mol. The molecule has 0 fully saturated rings. The number of rotatable bonds is 6. The van der Waals surface area contributed by atoms with Gasteiger partial charge in [0.1, 0.15) is 17.5 Å².